The molecule has 0 atom stereocenters. The van der Waals surface area contributed by atoms with Crippen molar-refractivity contribution in [3.8, 4) is 0 Å². The maximum Gasteiger partial charge on any atom is 0.114 e. The average molecular weight is 127 g/mol. The minimum Gasteiger partial charge on any atom is -0.301 e. The van der Waals surface area contributed by atoms with Crippen LogP contribution in [0, 0.1) is 0 Å². The first-order valence-electron chi connectivity index (χ1n) is 3.14. The highest BCUT2D eigenvalue weighted by atomic mass is 15.3. The Hall–Kier alpha value is -0.820. The molecule has 0 unspecified atom stereocenters. The van der Waals surface area contributed by atoms with Gasteiger partial charge < -0.3 is 5.43 Å². The second-order valence-corrected chi connectivity index (χ2v) is 1.95. The minimum absolute atomic E-state index is 0.285. The van der Waals surface area contributed by atoms with Crippen LogP contribution in [-0.4, -0.2) is 18.6 Å². The molecule has 0 aliphatic carbocycles. The van der Waals surface area contributed by atoms with Gasteiger partial charge in [0.1, 0.15) is 6.01 Å². The van der Waals surface area contributed by atoms with Gasteiger partial charge in [-0.15, -0.1) is 5.10 Å². The number of nitrogens with one attached hydrogen (secondary N) is 1. The van der Waals surface area contributed by atoms with Crippen LogP contribution in [0.25, 0.3) is 0 Å². The van der Waals surface area contributed by atoms with E-state index in [0.717, 1.165) is 6.54 Å². The van der Waals surface area contributed by atoms with Crippen LogP contribution in [-0.2, 0) is 0 Å². The van der Waals surface area contributed by atoms with Gasteiger partial charge in [0, 0.05) is 6.54 Å². The minimum atomic E-state index is 0.285. The lowest BCUT2D eigenvalue weighted by molar-refractivity contribution is 0.780. The van der Waals surface area contributed by atoms with Crippen molar-refractivity contribution in [3.63, 3.8) is 0 Å². The first kappa shape index (κ1) is 8.18. The van der Waals surface area contributed by atoms with E-state index in [0.29, 0.717) is 0 Å². The van der Waals surface area contributed by atoms with Gasteiger partial charge in [0.15, 0.2) is 0 Å². The summed E-state index contributed by atoms with van der Waals surface area (Å²) in [6.07, 6.45) is 0. The van der Waals surface area contributed by atoms with Crippen LogP contribution in [0.15, 0.2) is 10.1 Å². The van der Waals surface area contributed by atoms with E-state index in [1.54, 1.807) is 0 Å². The van der Waals surface area contributed by atoms with Crippen LogP contribution in [0.5, 0.6) is 0 Å². The van der Waals surface area contributed by atoms with Crippen LogP contribution in [0.1, 0.15) is 20.8 Å². The third-order valence-corrected chi connectivity index (χ3v) is 0.603. The third-order valence-electron chi connectivity index (χ3n) is 0.603. The van der Waals surface area contributed by atoms with Gasteiger partial charge in [-0.1, -0.05) is 0 Å². The number of hydrazone groups is 1. The lowest BCUT2D eigenvalue weighted by atomic mass is 10.4. The Morgan fingerprint density at radius 3 is 2.67 bits per heavy atom. The van der Waals surface area contributed by atoms with Crippen molar-refractivity contribution in [2.45, 2.75) is 26.8 Å². The van der Waals surface area contributed by atoms with Gasteiger partial charge in [-0.2, -0.15) is 0 Å². The summed E-state index contributed by atoms with van der Waals surface area (Å²) in [6.45, 7) is 6.75. The van der Waals surface area contributed by atoms with Crippen LogP contribution < -0.4 is 5.43 Å². The predicted octanol–water partition coefficient (Wildman–Crippen LogP) is 1.09. The van der Waals surface area contributed by atoms with Gasteiger partial charge >= 0.3 is 0 Å². The van der Waals surface area contributed by atoms with Crippen molar-refractivity contribution in [1.82, 2.24) is 5.43 Å². The van der Waals surface area contributed by atoms with Crippen LogP contribution >= 0.6 is 0 Å². The Labute approximate surface area is 55.9 Å². The molecule has 0 saturated carbocycles. The van der Waals surface area contributed by atoms with Gasteiger partial charge in [0.2, 0.25) is 0 Å². The molecule has 0 bridgehead atoms. The highest BCUT2D eigenvalue weighted by molar-refractivity contribution is 5.40. The smallest absolute Gasteiger partial charge is 0.114 e. The lowest BCUT2D eigenvalue weighted by Crippen LogP contribution is -2.01. The summed E-state index contributed by atoms with van der Waals surface area (Å²) in [5.41, 5.74) is 2.72. The number of rotatable bonds is 3. The number of aliphatic imine (C=N–C) groups is 1. The lowest BCUT2D eigenvalue weighted by Gasteiger charge is -1.87. The maximum absolute atomic E-state index is 3.88. The van der Waals surface area contributed by atoms with E-state index in [2.05, 4.69) is 21.5 Å². The van der Waals surface area contributed by atoms with Crippen molar-refractivity contribution < 1.29 is 0 Å². The van der Waals surface area contributed by atoms with E-state index in [9.17, 15) is 0 Å². The summed E-state index contributed by atoms with van der Waals surface area (Å²) < 4.78 is 0. The molecule has 0 radical (unpaired) electrons. The van der Waals surface area contributed by atoms with Gasteiger partial charge in [0.25, 0.3) is 0 Å². The molecular formula is C6H13N3. The van der Waals surface area contributed by atoms with Gasteiger partial charge in [-0.25, -0.2) is 4.99 Å². The highest BCUT2D eigenvalue weighted by Gasteiger charge is 1.78. The standard InChI is InChI=1S/C6H13N3/c1-4-8-9-5-7-6(2)3/h6,8H,4H2,1-3H3. The zero-order valence-corrected chi connectivity index (χ0v) is 6.18. The van der Waals surface area contributed by atoms with Crippen molar-refractivity contribution >= 4 is 6.01 Å². The van der Waals surface area contributed by atoms with E-state index >= 15 is 0 Å². The summed E-state index contributed by atoms with van der Waals surface area (Å²) in [5.74, 6) is 0. The summed E-state index contributed by atoms with van der Waals surface area (Å²) >= 11 is 0. The van der Waals surface area contributed by atoms with Crippen LogP contribution in [0.2, 0.25) is 0 Å². The Morgan fingerprint density at radius 2 is 2.22 bits per heavy atom. The van der Waals surface area contributed by atoms with E-state index in [1.807, 2.05) is 20.8 Å². The van der Waals surface area contributed by atoms with Gasteiger partial charge in [0.05, 0.1) is 6.04 Å². The third kappa shape index (κ3) is 7.18. The van der Waals surface area contributed by atoms with E-state index in [-0.39, 0.29) is 6.04 Å². The van der Waals surface area contributed by atoms with Gasteiger partial charge in [-0.3, -0.25) is 0 Å². The Balaban J connectivity index is 3.41. The van der Waals surface area contributed by atoms with Gasteiger partial charge in [-0.05, 0) is 20.8 Å². The molecule has 0 spiro atoms. The fraction of sp³-hybridized carbons (Fsp3) is 0.833. The molecule has 3 nitrogen and oxygen atoms in total. The SMILES string of the molecule is CCNN=C=NC(C)C. The van der Waals surface area contributed by atoms with Crippen molar-refractivity contribution in [2.75, 3.05) is 6.54 Å². The molecule has 3 heteroatoms. The molecule has 0 heterocycles. The molecule has 0 aliphatic rings. The second-order valence-electron chi connectivity index (χ2n) is 1.95. The molecule has 0 amide bonds. The Kier molecular flexibility index (Phi) is 4.83. The second kappa shape index (κ2) is 5.32. The number of nitrogens with zero attached hydrogens (tertiary/aromatic N) is 2. The van der Waals surface area contributed by atoms with E-state index < -0.39 is 0 Å². The molecular weight excluding hydrogens is 114 g/mol. The summed E-state index contributed by atoms with van der Waals surface area (Å²) in [7, 11) is 0. The zero-order chi connectivity index (χ0) is 7.11. The van der Waals surface area contributed by atoms with E-state index in [1.165, 1.54) is 0 Å². The fourth-order valence-corrected chi connectivity index (χ4v) is 0.259. The quantitative estimate of drug-likeness (QED) is 0.447. The monoisotopic (exact) mass is 127 g/mol. The molecule has 0 aliphatic heterocycles. The molecule has 9 heavy (non-hydrogen) atoms. The summed E-state index contributed by atoms with van der Waals surface area (Å²) in [4.78, 5) is 3.88. The Morgan fingerprint density at radius 1 is 1.56 bits per heavy atom. The number of hydrogen-bond donors (Lipinski definition) is 1. The molecule has 52 valence electrons. The van der Waals surface area contributed by atoms with Crippen molar-refractivity contribution in [1.29, 1.82) is 0 Å². The van der Waals surface area contributed by atoms with E-state index in [4.69, 9.17) is 0 Å². The average Bonchev–Trinajstić information content (AvgIpc) is 1.80. The molecule has 0 aromatic heterocycles. The topological polar surface area (TPSA) is 36.8 Å². The normalized spacial score (nSPS) is 8.44. The molecule has 0 aromatic carbocycles. The largest absolute Gasteiger partial charge is 0.301 e. The Bertz CT molecular complexity index is 111. The maximum atomic E-state index is 3.88. The van der Waals surface area contributed by atoms with Crippen molar-refractivity contribution in [2.24, 2.45) is 10.1 Å². The predicted molar refractivity (Wildman–Crippen MR) is 38.7 cm³/mol. The molecule has 0 fully saturated rings. The fourth-order valence-electron chi connectivity index (χ4n) is 0.259. The molecule has 0 rings (SSSR count). The van der Waals surface area contributed by atoms with Crippen LogP contribution in [0.4, 0.5) is 0 Å². The van der Waals surface area contributed by atoms with Crippen molar-refractivity contribution in [3.05, 3.63) is 0 Å². The first-order chi connectivity index (χ1) is 4.27. The summed E-state index contributed by atoms with van der Waals surface area (Å²) in [5, 5.41) is 3.66. The highest BCUT2D eigenvalue weighted by Crippen LogP contribution is 1.79. The molecule has 0 aromatic rings. The molecule has 1 N–H and O–H groups in total. The zero-order valence-electron chi connectivity index (χ0n) is 6.18. The van der Waals surface area contributed by atoms with Crippen LogP contribution in [0.3, 0.4) is 0 Å². The number of hydrogen-bond acceptors (Lipinski definition) is 3. The first-order valence-corrected chi connectivity index (χ1v) is 3.14. The summed E-state index contributed by atoms with van der Waals surface area (Å²) in [6, 6.07) is 2.81. The molecule has 0 saturated heterocycles.